The maximum atomic E-state index is 12.1. The molecule has 5 amide bonds. The van der Waals surface area contributed by atoms with Crippen LogP contribution in [0.3, 0.4) is 0 Å². The van der Waals surface area contributed by atoms with Crippen molar-refractivity contribution in [3.05, 3.63) is 35.4 Å². The first kappa shape index (κ1) is 22.1. The predicted octanol–water partition coefficient (Wildman–Crippen LogP) is 1.11. The number of hydrogen-bond acceptors (Lipinski definition) is 6. The lowest BCUT2D eigenvalue weighted by Crippen LogP contribution is -2.41. The number of benzene rings is 1. The molecule has 0 atom stereocenters. The van der Waals surface area contributed by atoms with E-state index < -0.39 is 48.4 Å². The Morgan fingerprint density at radius 1 is 1.10 bits per heavy atom. The number of imide groups is 2. The zero-order valence-electron chi connectivity index (χ0n) is 17.1. The van der Waals surface area contributed by atoms with E-state index in [1.54, 1.807) is 24.3 Å². The number of ether oxygens (including phenoxy) is 1. The summed E-state index contributed by atoms with van der Waals surface area (Å²) in [6.07, 6.45) is 0. The molecular formula is C20H25N3O6. The number of amides is 5. The van der Waals surface area contributed by atoms with Crippen molar-refractivity contribution in [2.45, 2.75) is 45.6 Å². The zero-order chi connectivity index (χ0) is 22.0. The van der Waals surface area contributed by atoms with E-state index in [-0.39, 0.29) is 5.41 Å². The summed E-state index contributed by atoms with van der Waals surface area (Å²) in [5.74, 6) is -2.95. The van der Waals surface area contributed by atoms with Crippen LogP contribution in [-0.2, 0) is 24.5 Å². The van der Waals surface area contributed by atoms with Gasteiger partial charge < -0.3 is 10.1 Å². The molecule has 0 bridgehead atoms. The zero-order valence-corrected chi connectivity index (χ0v) is 17.1. The molecule has 9 nitrogen and oxygen atoms in total. The van der Waals surface area contributed by atoms with Gasteiger partial charge in [-0.1, -0.05) is 32.9 Å². The van der Waals surface area contributed by atoms with Crippen molar-refractivity contribution in [2.24, 2.45) is 0 Å². The van der Waals surface area contributed by atoms with Gasteiger partial charge in [-0.05, 0) is 37.0 Å². The topological polar surface area (TPSA) is 122 Å². The Morgan fingerprint density at radius 2 is 1.69 bits per heavy atom. The molecule has 156 valence electrons. The summed E-state index contributed by atoms with van der Waals surface area (Å²) < 4.78 is 4.75. The normalized spacial score (nSPS) is 15.7. The first-order valence-electron chi connectivity index (χ1n) is 9.06. The Morgan fingerprint density at radius 3 is 2.17 bits per heavy atom. The standard InChI is InChI=1S/C20H25N3O6/c1-19(2,3)13-8-6-12(7-9-13)16(26)21-14(24)11-29-15(25)10-23-17(27)20(4,5)22-18(23)28/h6-9H,10-11H2,1-5H3,(H,22,28)(H,21,24,26). The molecule has 2 rings (SSSR count). The molecule has 1 heterocycles. The number of urea groups is 1. The van der Waals surface area contributed by atoms with Gasteiger partial charge in [0.05, 0.1) is 0 Å². The van der Waals surface area contributed by atoms with E-state index in [1.807, 2.05) is 20.8 Å². The predicted molar refractivity (Wildman–Crippen MR) is 103 cm³/mol. The van der Waals surface area contributed by atoms with Gasteiger partial charge in [0.2, 0.25) is 0 Å². The van der Waals surface area contributed by atoms with Crippen molar-refractivity contribution >= 4 is 29.7 Å². The number of esters is 1. The average Bonchev–Trinajstić information content (AvgIpc) is 2.81. The molecule has 0 spiro atoms. The summed E-state index contributed by atoms with van der Waals surface area (Å²) in [4.78, 5) is 60.3. The number of nitrogens with zero attached hydrogens (tertiary/aromatic N) is 1. The largest absolute Gasteiger partial charge is 0.454 e. The van der Waals surface area contributed by atoms with Gasteiger partial charge in [0, 0.05) is 5.56 Å². The van der Waals surface area contributed by atoms with Crippen molar-refractivity contribution in [1.82, 2.24) is 15.5 Å². The van der Waals surface area contributed by atoms with Gasteiger partial charge in [0.1, 0.15) is 12.1 Å². The van der Waals surface area contributed by atoms with E-state index in [2.05, 4.69) is 10.6 Å². The SMILES string of the molecule is CC1(C)NC(=O)N(CC(=O)OCC(=O)NC(=O)c2ccc(C(C)(C)C)cc2)C1=O. The Hall–Kier alpha value is -3.23. The second-order valence-electron chi connectivity index (χ2n) is 8.31. The van der Waals surface area contributed by atoms with Gasteiger partial charge in [-0.15, -0.1) is 0 Å². The van der Waals surface area contributed by atoms with Gasteiger partial charge in [-0.2, -0.15) is 0 Å². The van der Waals surface area contributed by atoms with Gasteiger partial charge in [0.25, 0.3) is 17.7 Å². The van der Waals surface area contributed by atoms with Crippen LogP contribution in [0.1, 0.15) is 50.5 Å². The third-order valence-electron chi connectivity index (χ3n) is 4.36. The molecule has 0 radical (unpaired) electrons. The fraction of sp³-hybridized carbons (Fsp3) is 0.450. The van der Waals surface area contributed by atoms with Crippen LogP contribution < -0.4 is 10.6 Å². The highest BCUT2D eigenvalue weighted by atomic mass is 16.5. The number of carbonyl (C=O) groups excluding carboxylic acids is 5. The summed E-state index contributed by atoms with van der Waals surface area (Å²) in [5, 5.41) is 4.55. The molecule has 1 aliphatic heterocycles. The number of carbonyl (C=O) groups is 5. The van der Waals surface area contributed by atoms with Crippen LogP contribution in [0.15, 0.2) is 24.3 Å². The van der Waals surface area contributed by atoms with Crippen LogP contribution in [-0.4, -0.2) is 53.3 Å². The second-order valence-corrected chi connectivity index (χ2v) is 8.31. The highest BCUT2D eigenvalue weighted by Gasteiger charge is 2.45. The Kier molecular flexibility index (Phi) is 6.10. The van der Waals surface area contributed by atoms with Gasteiger partial charge in [-0.3, -0.25) is 29.4 Å². The summed E-state index contributed by atoms with van der Waals surface area (Å²) in [5.41, 5.74) is 0.156. The van der Waals surface area contributed by atoms with E-state index in [0.717, 1.165) is 5.56 Å². The van der Waals surface area contributed by atoms with E-state index in [4.69, 9.17) is 4.74 Å². The first-order chi connectivity index (χ1) is 13.3. The summed E-state index contributed by atoms with van der Waals surface area (Å²) in [7, 11) is 0. The molecule has 0 aromatic heterocycles. The van der Waals surface area contributed by atoms with E-state index >= 15 is 0 Å². The van der Waals surface area contributed by atoms with Crippen molar-refractivity contribution in [1.29, 1.82) is 0 Å². The molecule has 0 aliphatic carbocycles. The average molecular weight is 403 g/mol. The number of rotatable bonds is 5. The Labute approximate surface area is 168 Å². The smallest absolute Gasteiger partial charge is 0.326 e. The fourth-order valence-electron chi connectivity index (χ4n) is 2.64. The minimum absolute atomic E-state index is 0.0676. The molecular weight excluding hydrogens is 378 g/mol. The molecule has 1 aromatic carbocycles. The quantitative estimate of drug-likeness (QED) is 0.561. The minimum Gasteiger partial charge on any atom is -0.454 e. The monoisotopic (exact) mass is 403 g/mol. The minimum atomic E-state index is -1.11. The van der Waals surface area contributed by atoms with Crippen LogP contribution in [0.25, 0.3) is 0 Å². The summed E-state index contributed by atoms with van der Waals surface area (Å²) >= 11 is 0. The maximum absolute atomic E-state index is 12.1. The van der Waals surface area contributed by atoms with E-state index in [0.29, 0.717) is 10.5 Å². The molecule has 2 N–H and O–H groups in total. The molecule has 1 saturated heterocycles. The third kappa shape index (κ3) is 5.40. The van der Waals surface area contributed by atoms with Crippen molar-refractivity contribution in [3.8, 4) is 0 Å². The molecule has 9 heteroatoms. The van der Waals surface area contributed by atoms with Gasteiger partial charge in [-0.25, -0.2) is 4.79 Å². The van der Waals surface area contributed by atoms with E-state index in [1.165, 1.54) is 13.8 Å². The lowest BCUT2D eigenvalue weighted by atomic mass is 9.87. The lowest BCUT2D eigenvalue weighted by Gasteiger charge is -2.19. The highest BCUT2D eigenvalue weighted by molar-refractivity contribution is 6.08. The number of hydrogen-bond donors (Lipinski definition) is 2. The second kappa shape index (κ2) is 8.02. The molecule has 0 saturated carbocycles. The molecule has 1 aromatic rings. The maximum Gasteiger partial charge on any atom is 0.326 e. The third-order valence-corrected chi connectivity index (χ3v) is 4.36. The highest BCUT2D eigenvalue weighted by Crippen LogP contribution is 2.22. The Bertz CT molecular complexity index is 852. The summed E-state index contributed by atoms with van der Waals surface area (Å²) in [6, 6.07) is 6.11. The van der Waals surface area contributed by atoms with Crippen molar-refractivity contribution < 1.29 is 28.7 Å². The molecule has 1 aliphatic rings. The van der Waals surface area contributed by atoms with Crippen LogP contribution in [0, 0.1) is 0 Å². The van der Waals surface area contributed by atoms with Gasteiger partial charge in [0.15, 0.2) is 6.61 Å². The molecule has 1 fully saturated rings. The van der Waals surface area contributed by atoms with Crippen LogP contribution in [0.2, 0.25) is 0 Å². The molecule has 29 heavy (non-hydrogen) atoms. The molecule has 0 unspecified atom stereocenters. The van der Waals surface area contributed by atoms with Crippen LogP contribution in [0.5, 0.6) is 0 Å². The van der Waals surface area contributed by atoms with Crippen LogP contribution >= 0.6 is 0 Å². The Balaban J connectivity index is 1.83. The van der Waals surface area contributed by atoms with Crippen LogP contribution in [0.4, 0.5) is 4.79 Å². The van der Waals surface area contributed by atoms with Gasteiger partial charge >= 0.3 is 12.0 Å². The summed E-state index contributed by atoms with van der Waals surface area (Å²) in [6.45, 7) is 7.80. The van der Waals surface area contributed by atoms with Crippen molar-refractivity contribution in [2.75, 3.05) is 13.2 Å². The van der Waals surface area contributed by atoms with Crippen molar-refractivity contribution in [3.63, 3.8) is 0 Å². The lowest BCUT2D eigenvalue weighted by molar-refractivity contribution is -0.150. The number of nitrogens with one attached hydrogen (secondary N) is 2. The first-order valence-corrected chi connectivity index (χ1v) is 9.06. The van der Waals surface area contributed by atoms with E-state index in [9.17, 15) is 24.0 Å². The fourth-order valence-corrected chi connectivity index (χ4v) is 2.64.